The van der Waals surface area contributed by atoms with Gasteiger partial charge in [0.1, 0.15) is 24.6 Å². The van der Waals surface area contributed by atoms with Crippen molar-refractivity contribution in [1.29, 1.82) is 0 Å². The fraction of sp³-hybridized carbons (Fsp3) is 0.636. The van der Waals surface area contributed by atoms with Gasteiger partial charge >= 0.3 is 0 Å². The van der Waals surface area contributed by atoms with Gasteiger partial charge in [0.05, 0.1) is 0 Å². The van der Waals surface area contributed by atoms with Gasteiger partial charge in [-0.15, -0.1) is 13.2 Å². The third-order valence-electron chi connectivity index (χ3n) is 2.24. The molecule has 15 heavy (non-hydrogen) atoms. The van der Waals surface area contributed by atoms with Gasteiger partial charge in [-0.3, -0.25) is 0 Å². The Bertz CT molecular complexity index is 229. The second kappa shape index (κ2) is 4.41. The topological polar surface area (TPSA) is 18.5 Å². The molecule has 86 valence electrons. The molecule has 0 amide bonds. The second-order valence-electron chi connectivity index (χ2n) is 3.93. The first kappa shape index (κ1) is 12.3. The van der Waals surface area contributed by atoms with E-state index in [-0.39, 0.29) is 0 Å². The average Bonchev–Trinajstić information content (AvgIpc) is 2.52. The molecule has 0 spiro atoms. The zero-order chi connectivity index (χ0) is 11.6. The molecule has 0 aromatic rings. The van der Waals surface area contributed by atoms with Crippen LogP contribution in [0, 0.1) is 0 Å². The Labute approximate surface area is 88.6 Å². The van der Waals surface area contributed by atoms with E-state index >= 15 is 0 Å². The number of halogens is 2. The fourth-order valence-electron chi connectivity index (χ4n) is 1.58. The highest BCUT2D eigenvalue weighted by Gasteiger charge is 2.47. The van der Waals surface area contributed by atoms with Crippen molar-refractivity contribution in [3.8, 4) is 0 Å². The molecule has 1 heterocycles. The van der Waals surface area contributed by atoms with Gasteiger partial charge in [0.2, 0.25) is 0 Å². The highest BCUT2D eigenvalue weighted by Crippen LogP contribution is 2.34. The fourth-order valence-corrected chi connectivity index (χ4v) is 1.58. The van der Waals surface area contributed by atoms with Gasteiger partial charge in [-0.25, -0.2) is 8.78 Å². The maximum Gasteiger partial charge on any atom is 0.164 e. The predicted octanol–water partition coefficient (Wildman–Crippen LogP) is 2.55. The summed E-state index contributed by atoms with van der Waals surface area (Å²) >= 11 is 0. The zero-order valence-corrected chi connectivity index (χ0v) is 8.95. The Morgan fingerprint density at radius 3 is 1.67 bits per heavy atom. The molecule has 1 rings (SSSR count). The van der Waals surface area contributed by atoms with Crippen LogP contribution in [-0.4, -0.2) is 30.3 Å². The third-order valence-corrected chi connectivity index (χ3v) is 2.24. The van der Waals surface area contributed by atoms with E-state index in [1.165, 1.54) is 0 Å². The smallest absolute Gasteiger partial charge is 0.164 e. The van der Waals surface area contributed by atoms with Gasteiger partial charge in [-0.1, -0.05) is 12.2 Å². The molecule has 0 N–H and O–H groups in total. The number of ether oxygens (including phenoxy) is 2. The van der Waals surface area contributed by atoms with Gasteiger partial charge in [-0.05, 0) is 13.8 Å². The van der Waals surface area contributed by atoms with Crippen LogP contribution >= 0.6 is 0 Å². The van der Waals surface area contributed by atoms with Crippen LogP contribution in [0.5, 0.6) is 0 Å². The number of hydrogen-bond donors (Lipinski definition) is 0. The molecule has 0 unspecified atom stereocenters. The van der Waals surface area contributed by atoms with Gasteiger partial charge < -0.3 is 9.47 Å². The minimum Gasteiger partial charge on any atom is -0.341 e. The van der Waals surface area contributed by atoms with Gasteiger partial charge in [0.15, 0.2) is 5.79 Å². The molecule has 2 nitrogen and oxygen atoms in total. The lowest BCUT2D eigenvalue weighted by Gasteiger charge is -2.19. The van der Waals surface area contributed by atoms with Crippen LogP contribution in [0.3, 0.4) is 0 Å². The van der Waals surface area contributed by atoms with Gasteiger partial charge in [0, 0.05) is 0 Å². The summed E-state index contributed by atoms with van der Waals surface area (Å²) in [4.78, 5) is 0. The van der Waals surface area contributed by atoms with Crippen LogP contribution in [0.25, 0.3) is 0 Å². The largest absolute Gasteiger partial charge is 0.341 e. The number of alkyl halides is 2. The number of rotatable bonds is 4. The van der Waals surface area contributed by atoms with E-state index in [0.29, 0.717) is 0 Å². The molecule has 1 saturated heterocycles. The van der Waals surface area contributed by atoms with Crippen LogP contribution in [0.15, 0.2) is 25.3 Å². The first-order chi connectivity index (χ1) is 6.91. The third kappa shape index (κ3) is 2.63. The maximum atomic E-state index is 13.4. The van der Waals surface area contributed by atoms with Crippen LogP contribution in [-0.2, 0) is 9.47 Å². The Balaban J connectivity index is 2.83. The molecule has 0 saturated carbocycles. The molecule has 4 atom stereocenters. The Morgan fingerprint density at radius 1 is 1.07 bits per heavy atom. The summed E-state index contributed by atoms with van der Waals surface area (Å²) in [5, 5.41) is 0. The van der Waals surface area contributed by atoms with E-state index in [1.807, 2.05) is 0 Å². The van der Waals surface area contributed by atoms with Crippen molar-refractivity contribution in [1.82, 2.24) is 0 Å². The van der Waals surface area contributed by atoms with E-state index in [0.717, 1.165) is 12.2 Å². The zero-order valence-electron chi connectivity index (χ0n) is 8.95. The van der Waals surface area contributed by atoms with E-state index < -0.39 is 30.3 Å². The summed E-state index contributed by atoms with van der Waals surface area (Å²) in [6, 6.07) is 0. The molecule has 0 bridgehead atoms. The summed E-state index contributed by atoms with van der Waals surface area (Å²) in [6.07, 6.45) is -2.67. The minimum absolute atomic E-state index is 0.967. The standard InChI is InChI=1S/C11H16F2O2/c1-5-7(12)9-10(8(13)6-2)15-11(3,4)14-9/h5-10H,1-2H2,3-4H3/t7-,8+,9-,10-/m0/s1. The Morgan fingerprint density at radius 2 is 1.40 bits per heavy atom. The van der Waals surface area contributed by atoms with Gasteiger partial charge in [0.25, 0.3) is 0 Å². The van der Waals surface area contributed by atoms with Crippen LogP contribution in [0.2, 0.25) is 0 Å². The van der Waals surface area contributed by atoms with Crippen molar-refractivity contribution < 1.29 is 18.3 Å². The summed E-state index contributed by atoms with van der Waals surface area (Å²) in [6.45, 7) is 9.86. The molecule has 4 heteroatoms. The van der Waals surface area contributed by atoms with E-state index in [9.17, 15) is 8.78 Å². The van der Waals surface area contributed by atoms with Crippen molar-refractivity contribution in [3.63, 3.8) is 0 Å². The minimum atomic E-state index is -1.45. The Hall–Kier alpha value is -0.740. The molecule has 0 aliphatic carbocycles. The molecule has 0 aromatic heterocycles. The van der Waals surface area contributed by atoms with Crippen LogP contribution in [0.1, 0.15) is 13.8 Å². The lowest BCUT2D eigenvalue weighted by molar-refractivity contribution is -0.152. The van der Waals surface area contributed by atoms with Crippen LogP contribution < -0.4 is 0 Å². The first-order valence-electron chi connectivity index (χ1n) is 4.80. The lowest BCUT2D eigenvalue weighted by Crippen LogP contribution is -2.37. The van der Waals surface area contributed by atoms with Crippen molar-refractivity contribution in [2.75, 3.05) is 0 Å². The molecular formula is C11H16F2O2. The lowest BCUT2D eigenvalue weighted by atomic mass is 10.1. The summed E-state index contributed by atoms with van der Waals surface area (Å²) < 4.78 is 37.4. The predicted molar refractivity (Wildman–Crippen MR) is 54.0 cm³/mol. The first-order valence-corrected chi connectivity index (χ1v) is 4.80. The quantitative estimate of drug-likeness (QED) is 0.675. The summed E-state index contributed by atoms with van der Waals surface area (Å²) in [5.41, 5.74) is 0. The Kier molecular flexibility index (Phi) is 3.62. The summed E-state index contributed by atoms with van der Waals surface area (Å²) in [5.74, 6) is -0.976. The average molecular weight is 218 g/mol. The molecule has 1 aliphatic heterocycles. The van der Waals surface area contributed by atoms with Crippen molar-refractivity contribution >= 4 is 0 Å². The molecule has 0 aromatic carbocycles. The molecule has 0 radical (unpaired) electrons. The molecule has 1 aliphatic rings. The van der Waals surface area contributed by atoms with E-state index in [4.69, 9.17) is 9.47 Å². The maximum absolute atomic E-state index is 13.4. The van der Waals surface area contributed by atoms with Crippen molar-refractivity contribution in [3.05, 3.63) is 25.3 Å². The van der Waals surface area contributed by atoms with Crippen molar-refractivity contribution in [2.24, 2.45) is 0 Å². The summed E-state index contributed by atoms with van der Waals surface area (Å²) in [7, 11) is 0. The van der Waals surface area contributed by atoms with Gasteiger partial charge in [-0.2, -0.15) is 0 Å². The van der Waals surface area contributed by atoms with Crippen LogP contribution in [0.4, 0.5) is 8.78 Å². The van der Waals surface area contributed by atoms with Crippen molar-refractivity contribution in [2.45, 2.75) is 44.2 Å². The molecular weight excluding hydrogens is 202 g/mol. The SMILES string of the molecule is C=C[C@@H](F)[C@@H]1OC(C)(C)O[C@H]1[C@@H](F)C=C. The normalized spacial score (nSPS) is 33.3. The van der Waals surface area contributed by atoms with E-state index in [1.54, 1.807) is 13.8 Å². The highest BCUT2D eigenvalue weighted by atomic mass is 19.1. The second-order valence-corrected chi connectivity index (χ2v) is 3.93. The number of hydrogen-bond acceptors (Lipinski definition) is 2. The van der Waals surface area contributed by atoms with E-state index in [2.05, 4.69) is 13.2 Å². The monoisotopic (exact) mass is 218 g/mol. The molecule has 1 fully saturated rings. The highest BCUT2D eigenvalue weighted by molar-refractivity contribution is 5.01.